The van der Waals surface area contributed by atoms with Gasteiger partial charge in [0.25, 0.3) is 5.91 Å². The minimum Gasteiger partial charge on any atom is -0.495 e. The van der Waals surface area contributed by atoms with Gasteiger partial charge in [0.1, 0.15) is 18.0 Å². The Bertz CT molecular complexity index is 1020. The summed E-state index contributed by atoms with van der Waals surface area (Å²) in [6.45, 7) is 5.62. The first-order valence-electron chi connectivity index (χ1n) is 9.34. The Balaban J connectivity index is 2.17. The van der Waals surface area contributed by atoms with Crippen LogP contribution in [0.1, 0.15) is 25.0 Å². The topological polar surface area (TPSA) is 97.3 Å². The van der Waals surface area contributed by atoms with Crippen LogP contribution in [-0.2, 0) is 14.8 Å². The number of nitrogens with zero attached hydrogens (tertiary/aromatic N) is 2. The van der Waals surface area contributed by atoms with E-state index in [1.54, 1.807) is 25.1 Å². The number of benzene rings is 2. The molecule has 30 heavy (non-hydrogen) atoms. The van der Waals surface area contributed by atoms with Gasteiger partial charge in [-0.05, 0) is 68.3 Å². The van der Waals surface area contributed by atoms with Crippen molar-refractivity contribution in [2.75, 3.05) is 30.8 Å². The van der Waals surface area contributed by atoms with Gasteiger partial charge in [0.05, 0.1) is 31.4 Å². The van der Waals surface area contributed by atoms with Crippen LogP contribution in [0.4, 0.5) is 5.69 Å². The molecule has 0 atom stereocenters. The lowest BCUT2D eigenvalue weighted by molar-refractivity contribution is -0.119. The lowest BCUT2D eigenvalue weighted by Crippen LogP contribution is -2.39. The Kier molecular flexibility index (Phi) is 7.82. The molecule has 0 bridgehead atoms. The summed E-state index contributed by atoms with van der Waals surface area (Å²) in [5, 5.41) is 4.08. The number of anilines is 1. The van der Waals surface area contributed by atoms with Crippen molar-refractivity contribution in [3.8, 4) is 11.5 Å². The standard InChI is InChI=1S/C21H27N3O5S/c1-6-29-18-10-8-17(9-11-18)16(3)22-23-21(25)14-24(30(5,26)27)19-13-15(2)7-12-20(19)28-4/h7-13H,6,14H2,1-5H3,(H,23,25)/b22-16-. The van der Waals surface area contributed by atoms with Crippen LogP contribution in [0.15, 0.2) is 47.6 Å². The SMILES string of the molecule is CCOc1ccc(/C(C)=N\NC(=O)CN(c2cc(C)ccc2OC)S(C)(=O)=O)cc1. The van der Waals surface area contributed by atoms with E-state index in [-0.39, 0.29) is 0 Å². The van der Waals surface area contributed by atoms with Crippen molar-refractivity contribution < 1.29 is 22.7 Å². The quantitative estimate of drug-likeness (QED) is 0.484. The second kappa shape index (κ2) is 10.1. The molecule has 0 spiro atoms. The fraction of sp³-hybridized carbons (Fsp3) is 0.333. The van der Waals surface area contributed by atoms with Gasteiger partial charge in [-0.1, -0.05) is 6.07 Å². The van der Waals surface area contributed by atoms with Crippen molar-refractivity contribution in [2.45, 2.75) is 20.8 Å². The molecule has 8 nitrogen and oxygen atoms in total. The van der Waals surface area contributed by atoms with Gasteiger partial charge in [-0.25, -0.2) is 13.8 Å². The molecule has 2 rings (SSSR count). The lowest BCUT2D eigenvalue weighted by atomic mass is 10.1. The second-order valence-corrected chi connectivity index (χ2v) is 8.54. The monoisotopic (exact) mass is 433 g/mol. The average molecular weight is 434 g/mol. The van der Waals surface area contributed by atoms with E-state index in [1.165, 1.54) is 7.11 Å². The summed E-state index contributed by atoms with van der Waals surface area (Å²) in [6, 6.07) is 12.4. The third-order valence-corrected chi connectivity index (χ3v) is 5.35. The molecule has 0 fully saturated rings. The maximum Gasteiger partial charge on any atom is 0.260 e. The summed E-state index contributed by atoms with van der Waals surface area (Å²) >= 11 is 0. The number of carbonyl (C=O) groups is 1. The van der Waals surface area contributed by atoms with Crippen LogP contribution in [0.2, 0.25) is 0 Å². The van der Waals surface area contributed by atoms with Crippen LogP contribution in [0.5, 0.6) is 11.5 Å². The summed E-state index contributed by atoms with van der Waals surface area (Å²) in [5.41, 5.74) is 4.93. The molecule has 0 aliphatic heterocycles. The minimum atomic E-state index is -3.73. The predicted molar refractivity (Wildman–Crippen MR) is 118 cm³/mol. The number of hydrogen-bond donors (Lipinski definition) is 1. The number of hydrogen-bond acceptors (Lipinski definition) is 6. The summed E-state index contributed by atoms with van der Waals surface area (Å²) in [4.78, 5) is 12.4. The molecular weight excluding hydrogens is 406 g/mol. The van der Waals surface area contributed by atoms with Gasteiger partial charge < -0.3 is 9.47 Å². The molecule has 0 saturated heterocycles. The number of ether oxygens (including phenoxy) is 2. The second-order valence-electron chi connectivity index (χ2n) is 6.63. The van der Waals surface area contributed by atoms with E-state index in [2.05, 4.69) is 10.5 Å². The molecule has 0 heterocycles. The smallest absolute Gasteiger partial charge is 0.260 e. The molecule has 2 aromatic rings. The Labute approximate surface area is 177 Å². The van der Waals surface area contributed by atoms with Gasteiger partial charge in [-0.15, -0.1) is 0 Å². The van der Waals surface area contributed by atoms with E-state index >= 15 is 0 Å². The van der Waals surface area contributed by atoms with Crippen molar-refractivity contribution in [3.63, 3.8) is 0 Å². The first kappa shape index (κ1) is 23.2. The van der Waals surface area contributed by atoms with E-state index in [0.29, 0.717) is 23.8 Å². The molecule has 0 unspecified atom stereocenters. The highest BCUT2D eigenvalue weighted by molar-refractivity contribution is 7.92. The zero-order chi connectivity index (χ0) is 22.3. The van der Waals surface area contributed by atoms with Gasteiger partial charge in [0.2, 0.25) is 10.0 Å². The van der Waals surface area contributed by atoms with E-state index < -0.39 is 22.5 Å². The van der Waals surface area contributed by atoms with E-state index in [4.69, 9.17) is 9.47 Å². The predicted octanol–water partition coefficient (Wildman–Crippen LogP) is 2.71. The van der Waals surface area contributed by atoms with Crippen molar-refractivity contribution in [3.05, 3.63) is 53.6 Å². The van der Waals surface area contributed by atoms with Gasteiger partial charge >= 0.3 is 0 Å². The fourth-order valence-corrected chi connectivity index (χ4v) is 3.56. The van der Waals surface area contributed by atoms with Crippen molar-refractivity contribution in [1.82, 2.24) is 5.43 Å². The number of hydrazone groups is 1. The molecule has 0 radical (unpaired) electrons. The van der Waals surface area contributed by atoms with Gasteiger partial charge in [0.15, 0.2) is 0 Å². The molecule has 2 aromatic carbocycles. The molecule has 0 aromatic heterocycles. The highest BCUT2D eigenvalue weighted by atomic mass is 32.2. The zero-order valence-corrected chi connectivity index (χ0v) is 18.6. The minimum absolute atomic E-state index is 0.294. The molecule has 1 amide bonds. The Morgan fingerprint density at radius 3 is 2.40 bits per heavy atom. The van der Waals surface area contributed by atoms with E-state index in [0.717, 1.165) is 27.4 Å². The molecule has 9 heteroatoms. The largest absolute Gasteiger partial charge is 0.495 e. The molecule has 0 aliphatic carbocycles. The van der Waals surface area contributed by atoms with Gasteiger partial charge in [0, 0.05) is 0 Å². The number of methoxy groups -OCH3 is 1. The lowest BCUT2D eigenvalue weighted by Gasteiger charge is -2.23. The van der Waals surface area contributed by atoms with Crippen LogP contribution < -0.4 is 19.2 Å². The Hall–Kier alpha value is -3.07. The van der Waals surface area contributed by atoms with E-state index in [9.17, 15) is 13.2 Å². The number of aryl methyl sites for hydroxylation is 1. The van der Waals surface area contributed by atoms with Crippen LogP contribution in [0, 0.1) is 6.92 Å². The highest BCUT2D eigenvalue weighted by Crippen LogP contribution is 2.30. The van der Waals surface area contributed by atoms with Crippen molar-refractivity contribution in [2.24, 2.45) is 5.10 Å². The van der Waals surface area contributed by atoms with Crippen molar-refractivity contribution >= 4 is 27.3 Å². The highest BCUT2D eigenvalue weighted by Gasteiger charge is 2.24. The third kappa shape index (κ3) is 6.21. The molecule has 0 aliphatic rings. The summed E-state index contributed by atoms with van der Waals surface area (Å²) in [6.07, 6.45) is 1.04. The molecule has 1 N–H and O–H groups in total. The Morgan fingerprint density at radius 1 is 1.17 bits per heavy atom. The normalized spacial score (nSPS) is 11.7. The first-order valence-corrected chi connectivity index (χ1v) is 11.2. The number of carbonyl (C=O) groups excluding carboxylic acids is 1. The Morgan fingerprint density at radius 2 is 1.83 bits per heavy atom. The average Bonchev–Trinajstić information content (AvgIpc) is 2.70. The van der Waals surface area contributed by atoms with Gasteiger partial charge in [-0.3, -0.25) is 9.10 Å². The molecule has 0 saturated carbocycles. The van der Waals surface area contributed by atoms with E-state index in [1.807, 2.05) is 38.1 Å². The first-order chi connectivity index (χ1) is 14.2. The number of amides is 1. The molecule has 162 valence electrons. The van der Waals surface area contributed by atoms with Crippen LogP contribution in [0.3, 0.4) is 0 Å². The summed E-state index contributed by atoms with van der Waals surface area (Å²) < 4.78 is 36.3. The summed E-state index contributed by atoms with van der Waals surface area (Å²) in [7, 11) is -2.29. The maximum absolute atomic E-state index is 12.4. The summed E-state index contributed by atoms with van der Waals surface area (Å²) in [5.74, 6) is 0.524. The number of sulfonamides is 1. The fourth-order valence-electron chi connectivity index (χ4n) is 2.71. The number of rotatable bonds is 9. The van der Waals surface area contributed by atoms with Crippen molar-refractivity contribution in [1.29, 1.82) is 0 Å². The molecular formula is C21H27N3O5S. The van der Waals surface area contributed by atoms with Crippen LogP contribution >= 0.6 is 0 Å². The van der Waals surface area contributed by atoms with Crippen LogP contribution in [0.25, 0.3) is 0 Å². The van der Waals surface area contributed by atoms with Crippen LogP contribution in [-0.4, -0.2) is 46.6 Å². The maximum atomic E-state index is 12.4. The zero-order valence-electron chi connectivity index (χ0n) is 17.8. The third-order valence-electron chi connectivity index (χ3n) is 4.22. The van der Waals surface area contributed by atoms with Gasteiger partial charge in [-0.2, -0.15) is 5.10 Å². The number of nitrogens with one attached hydrogen (secondary N) is 1.